The first kappa shape index (κ1) is 8.65. The van der Waals surface area contributed by atoms with Gasteiger partial charge in [0.05, 0.1) is 12.1 Å². The van der Waals surface area contributed by atoms with E-state index in [9.17, 15) is 0 Å². The monoisotopic (exact) mass is 182 g/mol. The van der Waals surface area contributed by atoms with Gasteiger partial charge in [-0.05, 0) is 26.3 Å². The largest absolute Gasteiger partial charge is 0.337 e. The van der Waals surface area contributed by atoms with E-state index in [-0.39, 0.29) is 5.54 Å². The molecule has 1 unspecified atom stereocenters. The van der Waals surface area contributed by atoms with E-state index in [1.165, 1.54) is 0 Å². The standard InChI is InChI=1S/C8H14N4O/c1-8(3-2-4-10-8)7-11-6(5-9)12-13-7/h10H,2-5,9H2,1H3. The van der Waals surface area contributed by atoms with Gasteiger partial charge >= 0.3 is 0 Å². The Balaban J connectivity index is 2.23. The van der Waals surface area contributed by atoms with Crippen molar-refractivity contribution in [3.63, 3.8) is 0 Å². The molecule has 1 aliphatic rings. The number of nitrogens with one attached hydrogen (secondary N) is 1. The van der Waals surface area contributed by atoms with Gasteiger partial charge in [-0.2, -0.15) is 4.98 Å². The summed E-state index contributed by atoms with van der Waals surface area (Å²) in [4.78, 5) is 4.22. The van der Waals surface area contributed by atoms with Crippen LogP contribution < -0.4 is 11.1 Å². The summed E-state index contributed by atoms with van der Waals surface area (Å²) in [5.74, 6) is 1.23. The molecule has 0 aromatic carbocycles. The predicted octanol–water partition coefficient (Wildman–Crippen LogP) is 0.127. The van der Waals surface area contributed by atoms with Gasteiger partial charge < -0.3 is 15.6 Å². The molecule has 1 fully saturated rings. The lowest BCUT2D eigenvalue weighted by Gasteiger charge is -2.18. The molecule has 1 aromatic heterocycles. The zero-order valence-electron chi connectivity index (χ0n) is 7.71. The van der Waals surface area contributed by atoms with Gasteiger partial charge in [-0.15, -0.1) is 0 Å². The Morgan fingerprint density at radius 2 is 2.54 bits per heavy atom. The minimum Gasteiger partial charge on any atom is -0.337 e. The molecule has 5 heteroatoms. The fourth-order valence-electron chi connectivity index (χ4n) is 1.64. The average Bonchev–Trinajstić information content (AvgIpc) is 2.72. The third kappa shape index (κ3) is 1.45. The molecule has 0 radical (unpaired) electrons. The van der Waals surface area contributed by atoms with Crippen LogP contribution in [0, 0.1) is 0 Å². The average molecular weight is 182 g/mol. The van der Waals surface area contributed by atoms with Crippen molar-refractivity contribution in [2.45, 2.75) is 31.8 Å². The maximum atomic E-state index is 5.40. The van der Waals surface area contributed by atoms with E-state index < -0.39 is 0 Å². The van der Waals surface area contributed by atoms with Gasteiger partial charge in [-0.3, -0.25) is 0 Å². The van der Waals surface area contributed by atoms with Crippen LogP contribution in [-0.4, -0.2) is 16.7 Å². The lowest BCUT2D eigenvalue weighted by Crippen LogP contribution is -2.33. The fraction of sp³-hybridized carbons (Fsp3) is 0.750. The molecule has 0 spiro atoms. The van der Waals surface area contributed by atoms with E-state index in [1.807, 2.05) is 0 Å². The minimum absolute atomic E-state index is 0.138. The van der Waals surface area contributed by atoms with Crippen LogP contribution in [0.15, 0.2) is 4.52 Å². The Hall–Kier alpha value is -0.940. The maximum Gasteiger partial charge on any atom is 0.246 e. The summed E-state index contributed by atoms with van der Waals surface area (Å²) in [6, 6.07) is 0. The molecule has 0 amide bonds. The summed E-state index contributed by atoms with van der Waals surface area (Å²) in [5, 5.41) is 7.12. The van der Waals surface area contributed by atoms with Crippen LogP contribution in [0.3, 0.4) is 0 Å². The molecule has 1 atom stereocenters. The van der Waals surface area contributed by atoms with E-state index in [4.69, 9.17) is 10.3 Å². The molecule has 0 bridgehead atoms. The van der Waals surface area contributed by atoms with E-state index in [2.05, 4.69) is 22.4 Å². The van der Waals surface area contributed by atoms with Crippen molar-refractivity contribution >= 4 is 0 Å². The normalized spacial score (nSPS) is 28.2. The quantitative estimate of drug-likeness (QED) is 0.679. The summed E-state index contributed by atoms with van der Waals surface area (Å²) in [7, 11) is 0. The Bertz CT molecular complexity index is 290. The van der Waals surface area contributed by atoms with Crippen molar-refractivity contribution in [1.29, 1.82) is 0 Å². The Kier molecular flexibility index (Phi) is 2.05. The van der Waals surface area contributed by atoms with E-state index in [0.29, 0.717) is 18.3 Å². The van der Waals surface area contributed by atoms with Gasteiger partial charge in [0.1, 0.15) is 0 Å². The maximum absolute atomic E-state index is 5.40. The molecule has 0 saturated carbocycles. The highest BCUT2D eigenvalue weighted by Gasteiger charge is 2.35. The summed E-state index contributed by atoms with van der Waals surface area (Å²) >= 11 is 0. The lowest BCUT2D eigenvalue weighted by molar-refractivity contribution is 0.274. The van der Waals surface area contributed by atoms with Crippen molar-refractivity contribution in [2.24, 2.45) is 5.73 Å². The third-order valence-corrected chi connectivity index (χ3v) is 2.49. The number of nitrogens with zero attached hydrogens (tertiary/aromatic N) is 2. The van der Waals surface area contributed by atoms with Crippen LogP contribution >= 0.6 is 0 Å². The van der Waals surface area contributed by atoms with Crippen LogP contribution in [0.1, 0.15) is 31.5 Å². The Morgan fingerprint density at radius 3 is 3.08 bits per heavy atom. The second-order valence-electron chi connectivity index (χ2n) is 3.58. The van der Waals surface area contributed by atoms with Crippen LogP contribution in [0.25, 0.3) is 0 Å². The topological polar surface area (TPSA) is 77.0 Å². The SMILES string of the molecule is CC1(c2nc(CN)no2)CCCN1. The first-order chi connectivity index (χ1) is 6.24. The van der Waals surface area contributed by atoms with Gasteiger partial charge in [0.2, 0.25) is 5.89 Å². The molecule has 2 heterocycles. The highest BCUT2D eigenvalue weighted by Crippen LogP contribution is 2.28. The fourth-order valence-corrected chi connectivity index (χ4v) is 1.64. The molecule has 2 rings (SSSR count). The van der Waals surface area contributed by atoms with Gasteiger partial charge in [0.25, 0.3) is 0 Å². The predicted molar refractivity (Wildman–Crippen MR) is 46.8 cm³/mol. The van der Waals surface area contributed by atoms with Crippen LogP contribution in [0.5, 0.6) is 0 Å². The molecular formula is C8H14N4O. The molecule has 72 valence electrons. The Morgan fingerprint density at radius 1 is 1.69 bits per heavy atom. The molecular weight excluding hydrogens is 168 g/mol. The highest BCUT2D eigenvalue weighted by molar-refractivity contribution is 5.04. The molecule has 0 aliphatic carbocycles. The summed E-state index contributed by atoms with van der Waals surface area (Å²) in [6.45, 7) is 3.42. The van der Waals surface area contributed by atoms with Crippen molar-refractivity contribution in [3.8, 4) is 0 Å². The van der Waals surface area contributed by atoms with Crippen molar-refractivity contribution in [3.05, 3.63) is 11.7 Å². The zero-order valence-corrected chi connectivity index (χ0v) is 7.71. The van der Waals surface area contributed by atoms with Crippen molar-refractivity contribution < 1.29 is 4.52 Å². The van der Waals surface area contributed by atoms with Crippen molar-refractivity contribution in [1.82, 2.24) is 15.5 Å². The smallest absolute Gasteiger partial charge is 0.246 e. The first-order valence-electron chi connectivity index (χ1n) is 4.53. The number of aromatic nitrogens is 2. The zero-order chi connectivity index (χ0) is 9.31. The van der Waals surface area contributed by atoms with Crippen LogP contribution in [0.4, 0.5) is 0 Å². The summed E-state index contributed by atoms with van der Waals surface area (Å²) < 4.78 is 5.14. The minimum atomic E-state index is -0.138. The van der Waals surface area contributed by atoms with Gasteiger partial charge in [0.15, 0.2) is 5.82 Å². The molecule has 1 aliphatic heterocycles. The lowest BCUT2D eigenvalue weighted by atomic mass is 10.0. The number of hydrogen-bond donors (Lipinski definition) is 2. The summed E-state index contributed by atoms with van der Waals surface area (Å²) in [5.41, 5.74) is 5.26. The molecule has 1 saturated heterocycles. The first-order valence-corrected chi connectivity index (χ1v) is 4.53. The third-order valence-electron chi connectivity index (χ3n) is 2.49. The number of hydrogen-bond acceptors (Lipinski definition) is 5. The molecule has 3 N–H and O–H groups in total. The van der Waals surface area contributed by atoms with E-state index in [1.54, 1.807) is 0 Å². The molecule has 1 aromatic rings. The van der Waals surface area contributed by atoms with Crippen molar-refractivity contribution in [2.75, 3.05) is 6.54 Å². The Labute approximate surface area is 76.7 Å². The van der Waals surface area contributed by atoms with E-state index in [0.717, 1.165) is 19.4 Å². The highest BCUT2D eigenvalue weighted by atomic mass is 16.5. The molecule has 5 nitrogen and oxygen atoms in total. The van der Waals surface area contributed by atoms with E-state index >= 15 is 0 Å². The van der Waals surface area contributed by atoms with Crippen LogP contribution in [0.2, 0.25) is 0 Å². The van der Waals surface area contributed by atoms with Gasteiger partial charge in [-0.1, -0.05) is 5.16 Å². The van der Waals surface area contributed by atoms with Gasteiger partial charge in [-0.25, -0.2) is 0 Å². The number of rotatable bonds is 2. The summed E-state index contributed by atoms with van der Waals surface area (Å²) in [6.07, 6.45) is 2.19. The number of nitrogens with two attached hydrogens (primary N) is 1. The molecule has 13 heavy (non-hydrogen) atoms. The van der Waals surface area contributed by atoms with Gasteiger partial charge in [0, 0.05) is 0 Å². The second kappa shape index (κ2) is 3.08. The second-order valence-corrected chi connectivity index (χ2v) is 3.58. The van der Waals surface area contributed by atoms with Crippen LogP contribution in [-0.2, 0) is 12.1 Å².